The molecule has 8 aliphatic rings. The van der Waals surface area contributed by atoms with Gasteiger partial charge in [-0.05, 0) is 229 Å². The first-order chi connectivity index (χ1) is 44.5. The molecule has 472 valence electrons. The third-order valence-electron chi connectivity index (χ3n) is 27.3. The predicted octanol–water partition coefficient (Wildman–Crippen LogP) is -1.09. The summed E-state index contributed by atoms with van der Waals surface area (Å²) < 4.78 is 26.1. The first-order valence-corrected chi connectivity index (χ1v) is 35.8. The largest absolute Gasteiger partial charge is 2.00 e. The number of rotatable bonds is 17. The number of carbonyl (C=O) groups excluding carboxylic acids is 2. The topological polar surface area (TPSA) is 87.1 Å². The van der Waals surface area contributed by atoms with E-state index >= 15 is 0 Å². The molecule has 2 aromatic rings. The van der Waals surface area contributed by atoms with Gasteiger partial charge in [-0.2, -0.15) is 18.2 Å². The van der Waals surface area contributed by atoms with E-state index in [9.17, 15) is 28.6 Å². The van der Waals surface area contributed by atoms with Crippen LogP contribution in [0.5, 0.6) is 0 Å². The molecule has 0 aromatic heterocycles. The molecule has 0 aliphatic heterocycles. The molecule has 32 radical (unpaired) electrons. The van der Waals surface area contributed by atoms with Gasteiger partial charge in [0.15, 0.2) is 5.78 Å². The van der Waals surface area contributed by atoms with Crippen molar-refractivity contribution in [3.63, 3.8) is 0 Å². The zero-order valence-electron chi connectivity index (χ0n) is 60.7. The molecule has 2 N–H and O–H groups in total. The van der Waals surface area contributed by atoms with E-state index < -0.39 is 101 Å². The van der Waals surface area contributed by atoms with Crippen molar-refractivity contribution < 1.29 is 50.4 Å². The number of amides is 1. The van der Waals surface area contributed by atoms with Crippen molar-refractivity contribution >= 4 is 248 Å². The number of aliphatic hydroxyl groups is 2. The van der Waals surface area contributed by atoms with Crippen molar-refractivity contribution in [1.29, 1.82) is 0 Å². The number of hydrogen-bond acceptors (Lipinski definition) is 5. The van der Waals surface area contributed by atoms with Crippen LogP contribution in [-0.2, 0) is 9.63 Å². The molecule has 1 amide bonds. The minimum atomic E-state index is -1.07. The zero-order valence-corrected chi connectivity index (χ0v) is 63.7. The smallest absolute Gasteiger partial charge is 1.00 e. The summed E-state index contributed by atoms with van der Waals surface area (Å²) in [6.07, 6.45) is 6.61. The third kappa shape index (κ3) is 19.9. The predicted molar refractivity (Wildman–Crippen MR) is 442 cm³/mol. The van der Waals surface area contributed by atoms with Gasteiger partial charge in [0.25, 0.3) is 0 Å². The molecule has 8 fully saturated rings. The van der Waals surface area contributed by atoms with E-state index in [2.05, 4.69) is 33.8 Å². The third-order valence-corrected chi connectivity index (χ3v) is 27.3. The Labute approximate surface area is 653 Å². The van der Waals surface area contributed by atoms with Crippen LogP contribution in [0.4, 0.5) is 8.78 Å². The quantitative estimate of drug-likeness (QED) is 0.0913. The monoisotopic (exact) mass is 1360 g/mol. The molecule has 0 spiro atoms. The van der Waals surface area contributed by atoms with Gasteiger partial charge >= 0.3 is 23.1 Å². The van der Waals surface area contributed by atoms with Crippen LogP contribution in [0, 0.1) is 112 Å². The number of carbonyl (C=O) groups is 2. The molecule has 0 saturated heterocycles. The number of halogens is 3. The molecular weight excluding hydrogens is 1270 g/mol. The first-order valence-electron chi connectivity index (χ1n) is 35.8. The Balaban J connectivity index is 0.000000294. The van der Waals surface area contributed by atoms with Gasteiger partial charge in [-0.1, -0.05) is 42.0 Å². The maximum Gasteiger partial charge on any atom is 2.00 e. The Kier molecular flexibility index (Phi) is 34.6. The minimum absolute atomic E-state index is 0. The van der Waals surface area contributed by atoms with Gasteiger partial charge in [0.1, 0.15) is 5.82 Å². The molecule has 8 saturated carbocycles. The summed E-state index contributed by atoms with van der Waals surface area (Å²) in [5, 5.41) is 22.8. The minimum Gasteiger partial charge on any atom is -1.00 e. The number of fused-ring (bicyclic) bond motifs is 10. The second kappa shape index (κ2) is 37.3. The van der Waals surface area contributed by atoms with Crippen LogP contribution in [0.3, 0.4) is 0 Å². The average Bonchev–Trinajstić information content (AvgIpc) is 1.68. The van der Waals surface area contributed by atoms with Gasteiger partial charge in [0, 0.05) is 243 Å². The summed E-state index contributed by atoms with van der Waals surface area (Å²) >= 11 is 0. The molecule has 40 heteroatoms. The van der Waals surface area contributed by atoms with Crippen LogP contribution >= 0.6 is 0 Å². The van der Waals surface area contributed by atoms with Crippen LogP contribution in [0.15, 0.2) is 36.4 Å². The van der Waals surface area contributed by atoms with Crippen LogP contribution in [0.1, 0.15) is 186 Å². The van der Waals surface area contributed by atoms with Gasteiger partial charge in [0.2, 0.25) is 5.91 Å². The zero-order chi connectivity index (χ0) is 71.9. The van der Waals surface area contributed by atoms with Crippen molar-refractivity contribution in [3.05, 3.63) is 70.8 Å². The van der Waals surface area contributed by atoms with Crippen LogP contribution in [0.2, 0.25) is 0 Å². The number of hydrogen-bond donors (Lipinski definition) is 2. The Bertz CT molecular complexity index is 2800. The van der Waals surface area contributed by atoms with E-state index in [1.54, 1.807) is 52.3 Å². The Morgan fingerprint density at radius 3 is 1.18 bits per heavy atom. The van der Waals surface area contributed by atoms with Gasteiger partial charge in [-0.3, -0.25) is 14.4 Å². The molecule has 99 heavy (non-hydrogen) atoms. The van der Waals surface area contributed by atoms with Crippen molar-refractivity contribution in [2.75, 3.05) is 14.2 Å². The molecule has 10 rings (SSSR count). The van der Waals surface area contributed by atoms with Crippen molar-refractivity contribution in [3.8, 4) is 0 Å². The number of aryl methyl sites for hydroxylation is 2. The number of hydroxylamine groups is 2. The maximum absolute atomic E-state index is 13.8. The van der Waals surface area contributed by atoms with Gasteiger partial charge in [-0.25, -0.2) is 13.8 Å². The standard InChI is InChI=1S/C28H39FO2.C23H39NO3.C7H6F.CH4.B30.BrH.Mg/c1-17-15-18(5-10-24(17)29)25(30)23-9-8-21-20-7-6-19-16-26(2,31)13-14-27(19,3)22(20)11-12-28(21,23)4;1-21(26)12-13-22(2)15(14-21)6-7-16-17-8-9-19(20(25)24(4)27-5)23(17,3)11-10-18(16)22;1-6-4-2-3-5-7(6)8;;1-17(2)25(18(3)4)29(26(19(5)6)20(7)8)30(27(21(9)10)22(11)12)28(23(13)14)24(15)16;;/h5,10,15,19-23,31H,6-9,11-14,16H2,1-4H3;15-19,26H,6-14H2,1-5H3;3-5H,1H3;1H4;;1H;/q;;-1;;;;+2/p-1/t19-,20-,21-,22-,23+,26+,27-,28-;15-,16-,17-,18-,19+,21+,22-,23-;;;;;/m00...../s1. The maximum atomic E-state index is 13.8. The summed E-state index contributed by atoms with van der Waals surface area (Å²) in [4.78, 5) is 31.7. The van der Waals surface area contributed by atoms with Gasteiger partial charge in [0.05, 0.1) is 18.3 Å². The Morgan fingerprint density at radius 2 is 0.848 bits per heavy atom. The molecule has 0 unspecified atom stereocenters. The fraction of sp³-hybridized carbons (Fsp3) is 0.763. The Hall–Kier alpha value is 0.514. The number of benzene rings is 2. The fourth-order valence-corrected chi connectivity index (χ4v) is 22.1. The van der Waals surface area contributed by atoms with Crippen molar-refractivity contribution in [2.24, 2.45) is 80.8 Å². The van der Waals surface area contributed by atoms with E-state index in [4.69, 9.17) is 129 Å². The van der Waals surface area contributed by atoms with Crippen molar-refractivity contribution in [1.82, 2.24) is 5.06 Å². The molecule has 8 aliphatic carbocycles. The number of ketones is 1. The van der Waals surface area contributed by atoms with E-state index in [0.29, 0.717) is 51.2 Å². The molecule has 0 heterocycles. The van der Waals surface area contributed by atoms with E-state index in [0.717, 1.165) is 81.5 Å². The first kappa shape index (κ1) is 91.9. The van der Waals surface area contributed by atoms with Crippen LogP contribution in [-0.4, -0.2) is 289 Å². The molecular formula is C59H88B30BrF2MgNO5. The molecule has 0 bridgehead atoms. The molecule has 2 aromatic carbocycles. The summed E-state index contributed by atoms with van der Waals surface area (Å²) in [6.45, 7) is 17.4. The SMILES string of the molecule is C.CON(C)C(=O)[C@H]1CC[C@H]2[C@@H]3CC[C@H]4C[C@](C)(O)CC[C@]4(C)[C@H]3CC[C@]12C.Cc1c[c-]ccc1F.Cc1cc(C(=O)[C@H]2CC[C@H]3[C@@H]4CC[C@H]5C[C@](C)(O)CC[C@]5(C)[C@H]4CC[C@]23C)ccc1F.[B]B([B])B(B([B])[B])B(B(B([B])[B])B([B])[B])B(B(B([B])[B])B([B])[B])B(B([B])[B])B([B])[B].[Br-].[Mg+2]. The van der Waals surface area contributed by atoms with Gasteiger partial charge < -0.3 is 27.2 Å². The number of Topliss-reactive ketones (excluding diaryl/α,β-unsaturated/α-hetero) is 1. The second-order valence-electron chi connectivity index (χ2n) is 33.2. The van der Waals surface area contributed by atoms with E-state index in [1.165, 1.54) is 75.0 Å². The van der Waals surface area contributed by atoms with E-state index in [-0.39, 0.29) is 93.5 Å². The average molecular weight is 1360 g/mol. The molecule has 6 nitrogen and oxygen atoms in total. The second-order valence-corrected chi connectivity index (χ2v) is 33.2. The fourth-order valence-electron chi connectivity index (χ4n) is 22.1. The van der Waals surface area contributed by atoms with E-state index in [1.807, 2.05) is 13.8 Å². The number of nitrogens with zero attached hydrogens (tertiary/aromatic N) is 1. The van der Waals surface area contributed by atoms with Crippen LogP contribution < -0.4 is 17.0 Å². The molecule has 16 atom stereocenters. The summed E-state index contributed by atoms with van der Waals surface area (Å²) in [6, 6.07) is 12.2. The van der Waals surface area contributed by atoms with Crippen LogP contribution in [0.25, 0.3) is 0 Å². The normalized spacial score (nSPS) is 32.4. The summed E-state index contributed by atoms with van der Waals surface area (Å²) in [7, 11) is 99.7. The van der Waals surface area contributed by atoms with Crippen molar-refractivity contribution in [2.45, 2.75) is 190 Å². The van der Waals surface area contributed by atoms with Gasteiger partial charge in [-0.15, -0.1) is 11.6 Å². The summed E-state index contributed by atoms with van der Waals surface area (Å²) in [5.41, 5.74) is 1.90. The Morgan fingerprint density at radius 1 is 0.495 bits per heavy atom. The summed E-state index contributed by atoms with van der Waals surface area (Å²) in [5.74, 6) is 5.82.